The Balaban J connectivity index is 2.66. The van der Waals surface area contributed by atoms with E-state index in [9.17, 15) is 4.79 Å². The second-order valence-electron chi connectivity index (χ2n) is 3.52. The Morgan fingerprint density at radius 3 is 2.69 bits per heavy atom. The lowest BCUT2D eigenvalue weighted by Crippen LogP contribution is -2.45. The van der Waals surface area contributed by atoms with Gasteiger partial charge in [-0.3, -0.25) is 4.79 Å². The average Bonchev–Trinajstić information content (AvgIpc) is 2.03. The molecule has 0 atom stereocenters. The van der Waals surface area contributed by atoms with Crippen LogP contribution in [0.3, 0.4) is 0 Å². The molecule has 0 spiro atoms. The average molecular weight is 178 g/mol. The highest BCUT2D eigenvalue weighted by atomic mass is 16.2. The summed E-state index contributed by atoms with van der Waals surface area (Å²) in [6.07, 6.45) is 4.08. The van der Waals surface area contributed by atoms with E-state index in [1.165, 1.54) is 0 Å². The lowest BCUT2D eigenvalue weighted by Gasteiger charge is -2.36. The summed E-state index contributed by atoms with van der Waals surface area (Å²) in [6.45, 7) is 4.07. The van der Waals surface area contributed by atoms with Gasteiger partial charge in [-0.2, -0.15) is 5.26 Å². The molecule has 0 aromatic carbocycles. The van der Waals surface area contributed by atoms with Crippen molar-refractivity contribution in [3.8, 4) is 6.07 Å². The Morgan fingerprint density at radius 1 is 1.77 bits per heavy atom. The van der Waals surface area contributed by atoms with Crippen LogP contribution in [-0.4, -0.2) is 24.4 Å². The lowest BCUT2D eigenvalue weighted by atomic mass is 9.69. The van der Waals surface area contributed by atoms with Crippen molar-refractivity contribution in [2.45, 2.75) is 19.3 Å². The first kappa shape index (κ1) is 9.79. The summed E-state index contributed by atoms with van der Waals surface area (Å²) < 4.78 is 0. The molecule has 1 aliphatic carbocycles. The number of likely N-dealkylation sites (N-methyl/N-ethyl adjacent to an activating group) is 1. The van der Waals surface area contributed by atoms with Crippen molar-refractivity contribution in [1.29, 1.82) is 5.26 Å². The van der Waals surface area contributed by atoms with Gasteiger partial charge in [0.15, 0.2) is 0 Å². The molecule has 0 heterocycles. The quantitative estimate of drug-likeness (QED) is 0.612. The Labute approximate surface area is 78.6 Å². The number of hydrogen-bond acceptors (Lipinski definition) is 2. The van der Waals surface area contributed by atoms with Gasteiger partial charge in [0, 0.05) is 13.6 Å². The summed E-state index contributed by atoms with van der Waals surface area (Å²) in [6, 6.07) is 2.13. The summed E-state index contributed by atoms with van der Waals surface area (Å²) in [4.78, 5) is 13.3. The number of carbonyl (C=O) groups excluding carboxylic acids is 1. The molecule has 1 rings (SSSR count). The summed E-state index contributed by atoms with van der Waals surface area (Å²) >= 11 is 0. The van der Waals surface area contributed by atoms with Gasteiger partial charge >= 0.3 is 0 Å². The third-order valence-corrected chi connectivity index (χ3v) is 2.58. The van der Waals surface area contributed by atoms with Crippen molar-refractivity contribution >= 4 is 5.91 Å². The minimum absolute atomic E-state index is 0.0545. The predicted octanol–water partition coefficient (Wildman–Crippen LogP) is 1.32. The molecule has 0 saturated heterocycles. The molecule has 0 bridgehead atoms. The molecule has 1 saturated carbocycles. The molecule has 0 aromatic heterocycles. The van der Waals surface area contributed by atoms with Crippen LogP contribution < -0.4 is 0 Å². The van der Waals surface area contributed by atoms with Gasteiger partial charge in [-0.15, -0.1) is 6.58 Å². The van der Waals surface area contributed by atoms with Gasteiger partial charge in [0.2, 0.25) is 5.91 Å². The number of nitrogens with zero attached hydrogens (tertiary/aromatic N) is 2. The smallest absolute Gasteiger partial charge is 0.243 e. The van der Waals surface area contributed by atoms with Gasteiger partial charge in [-0.05, 0) is 19.3 Å². The zero-order valence-electron chi connectivity index (χ0n) is 7.92. The Bertz CT molecular complexity index is 261. The first-order valence-corrected chi connectivity index (χ1v) is 4.44. The van der Waals surface area contributed by atoms with E-state index < -0.39 is 5.41 Å². The van der Waals surface area contributed by atoms with E-state index in [-0.39, 0.29) is 5.91 Å². The molecule has 13 heavy (non-hydrogen) atoms. The minimum Gasteiger partial charge on any atom is -0.341 e. The van der Waals surface area contributed by atoms with E-state index in [1.807, 2.05) is 0 Å². The Kier molecular flexibility index (Phi) is 2.72. The van der Waals surface area contributed by atoms with Crippen LogP contribution in [0.2, 0.25) is 0 Å². The van der Waals surface area contributed by atoms with Crippen LogP contribution in [0.25, 0.3) is 0 Å². The summed E-state index contributed by atoms with van der Waals surface area (Å²) in [5.74, 6) is -0.0545. The van der Waals surface area contributed by atoms with E-state index in [1.54, 1.807) is 18.0 Å². The predicted molar refractivity (Wildman–Crippen MR) is 49.7 cm³/mol. The molecule has 3 nitrogen and oxygen atoms in total. The zero-order chi connectivity index (χ0) is 9.90. The van der Waals surface area contributed by atoms with Crippen molar-refractivity contribution in [2.75, 3.05) is 13.6 Å². The molecule has 1 amide bonds. The van der Waals surface area contributed by atoms with Gasteiger partial charge in [0.25, 0.3) is 0 Å². The van der Waals surface area contributed by atoms with Crippen LogP contribution in [0, 0.1) is 16.7 Å². The number of carbonyl (C=O) groups is 1. The second-order valence-corrected chi connectivity index (χ2v) is 3.52. The monoisotopic (exact) mass is 178 g/mol. The van der Waals surface area contributed by atoms with Crippen molar-refractivity contribution in [1.82, 2.24) is 4.90 Å². The van der Waals surface area contributed by atoms with Crippen LogP contribution in [-0.2, 0) is 4.79 Å². The van der Waals surface area contributed by atoms with Crippen molar-refractivity contribution < 1.29 is 4.79 Å². The first-order valence-electron chi connectivity index (χ1n) is 4.44. The molecule has 0 radical (unpaired) electrons. The maximum absolute atomic E-state index is 11.7. The van der Waals surface area contributed by atoms with Crippen molar-refractivity contribution in [2.24, 2.45) is 5.41 Å². The summed E-state index contributed by atoms with van der Waals surface area (Å²) in [5, 5.41) is 8.90. The Morgan fingerprint density at radius 2 is 2.38 bits per heavy atom. The van der Waals surface area contributed by atoms with E-state index in [0.29, 0.717) is 19.4 Å². The largest absolute Gasteiger partial charge is 0.341 e. The maximum Gasteiger partial charge on any atom is 0.243 e. The van der Waals surface area contributed by atoms with Crippen molar-refractivity contribution in [3.05, 3.63) is 12.7 Å². The first-order chi connectivity index (χ1) is 6.16. The molecule has 0 N–H and O–H groups in total. The lowest BCUT2D eigenvalue weighted by molar-refractivity contribution is -0.141. The highest BCUT2D eigenvalue weighted by molar-refractivity contribution is 5.86. The normalized spacial score (nSPS) is 18.2. The molecular formula is C10H14N2O. The summed E-state index contributed by atoms with van der Waals surface area (Å²) in [7, 11) is 1.71. The van der Waals surface area contributed by atoms with E-state index >= 15 is 0 Å². The molecule has 3 heteroatoms. The van der Waals surface area contributed by atoms with Crippen molar-refractivity contribution in [3.63, 3.8) is 0 Å². The van der Waals surface area contributed by atoms with E-state index in [0.717, 1.165) is 6.42 Å². The number of rotatable bonds is 3. The van der Waals surface area contributed by atoms with Crippen LogP contribution >= 0.6 is 0 Å². The molecule has 1 aliphatic rings. The van der Waals surface area contributed by atoms with Crippen LogP contribution in [0.4, 0.5) is 0 Å². The van der Waals surface area contributed by atoms with E-state index in [2.05, 4.69) is 12.6 Å². The SMILES string of the molecule is C=CCN(C)C(=O)C1(C#N)CCC1. The van der Waals surface area contributed by atoms with Crippen LogP contribution in [0.5, 0.6) is 0 Å². The van der Waals surface area contributed by atoms with Crippen LogP contribution in [0.15, 0.2) is 12.7 Å². The van der Waals surface area contributed by atoms with Crippen LogP contribution in [0.1, 0.15) is 19.3 Å². The molecule has 70 valence electrons. The molecule has 1 fully saturated rings. The second kappa shape index (κ2) is 3.61. The fourth-order valence-corrected chi connectivity index (χ4v) is 1.55. The maximum atomic E-state index is 11.7. The van der Waals surface area contributed by atoms with Gasteiger partial charge in [0.1, 0.15) is 5.41 Å². The topological polar surface area (TPSA) is 44.1 Å². The number of hydrogen-bond donors (Lipinski definition) is 0. The van der Waals surface area contributed by atoms with Gasteiger partial charge in [0.05, 0.1) is 6.07 Å². The third-order valence-electron chi connectivity index (χ3n) is 2.58. The molecule has 0 unspecified atom stereocenters. The fourth-order valence-electron chi connectivity index (χ4n) is 1.55. The number of amides is 1. The van der Waals surface area contributed by atoms with E-state index in [4.69, 9.17) is 5.26 Å². The fraction of sp³-hybridized carbons (Fsp3) is 0.600. The summed E-state index contributed by atoms with van der Waals surface area (Å²) in [5.41, 5.74) is -0.711. The Hall–Kier alpha value is -1.30. The number of nitriles is 1. The van der Waals surface area contributed by atoms with Gasteiger partial charge in [-0.1, -0.05) is 6.08 Å². The van der Waals surface area contributed by atoms with Gasteiger partial charge < -0.3 is 4.90 Å². The third kappa shape index (κ3) is 1.57. The highest BCUT2D eigenvalue weighted by Gasteiger charge is 2.45. The highest BCUT2D eigenvalue weighted by Crippen LogP contribution is 2.41. The van der Waals surface area contributed by atoms with Gasteiger partial charge in [-0.25, -0.2) is 0 Å². The molecular weight excluding hydrogens is 164 g/mol. The zero-order valence-corrected chi connectivity index (χ0v) is 7.92. The molecule has 0 aliphatic heterocycles. The molecule has 0 aromatic rings. The standard InChI is InChI=1S/C10H14N2O/c1-3-7-12(2)9(13)10(8-11)5-4-6-10/h3H,1,4-7H2,2H3. The minimum atomic E-state index is -0.711.